The van der Waals surface area contributed by atoms with Crippen molar-refractivity contribution in [3.8, 4) is 11.5 Å². The Morgan fingerprint density at radius 1 is 0.893 bits per heavy atom. The monoisotopic (exact) mass is 376 g/mol. The molecule has 3 aromatic rings. The predicted molar refractivity (Wildman–Crippen MR) is 110 cm³/mol. The summed E-state index contributed by atoms with van der Waals surface area (Å²) in [6.45, 7) is 3.75. The average Bonchev–Trinajstić information content (AvgIpc) is 3.18. The Bertz CT molecular complexity index is 931. The van der Waals surface area contributed by atoms with Crippen LogP contribution in [-0.4, -0.2) is 23.3 Å². The maximum absolute atomic E-state index is 5.42. The van der Waals surface area contributed by atoms with E-state index in [0.29, 0.717) is 12.5 Å². The lowest BCUT2D eigenvalue weighted by Gasteiger charge is -2.10. The minimum atomic E-state index is 0.284. The molecule has 0 aliphatic carbocycles. The van der Waals surface area contributed by atoms with E-state index in [2.05, 4.69) is 44.9 Å². The molecule has 4 rings (SSSR count). The molecule has 0 atom stereocenters. The summed E-state index contributed by atoms with van der Waals surface area (Å²) < 4.78 is 10.8. The highest BCUT2D eigenvalue weighted by atomic mass is 16.7. The van der Waals surface area contributed by atoms with E-state index in [9.17, 15) is 0 Å². The molecular formula is C22H24N4O2. The van der Waals surface area contributed by atoms with Crippen LogP contribution in [0.2, 0.25) is 0 Å². The molecule has 2 aromatic carbocycles. The lowest BCUT2D eigenvalue weighted by atomic mass is 10.1. The molecular weight excluding hydrogens is 352 g/mol. The average molecular weight is 376 g/mol. The maximum atomic E-state index is 5.42. The second-order valence-electron chi connectivity index (χ2n) is 6.78. The summed E-state index contributed by atoms with van der Waals surface area (Å²) >= 11 is 0. The Morgan fingerprint density at radius 2 is 1.75 bits per heavy atom. The molecule has 0 spiro atoms. The van der Waals surface area contributed by atoms with Gasteiger partial charge in [-0.2, -0.15) is 4.98 Å². The van der Waals surface area contributed by atoms with E-state index in [4.69, 9.17) is 9.47 Å². The molecule has 0 bridgehead atoms. The zero-order valence-corrected chi connectivity index (χ0v) is 15.9. The first-order chi connectivity index (χ1) is 13.8. The van der Waals surface area contributed by atoms with Crippen LogP contribution in [0.1, 0.15) is 23.2 Å². The summed E-state index contributed by atoms with van der Waals surface area (Å²) in [4.78, 5) is 9.06. The second-order valence-corrected chi connectivity index (χ2v) is 6.78. The van der Waals surface area contributed by atoms with Crippen LogP contribution in [0.25, 0.3) is 0 Å². The summed E-state index contributed by atoms with van der Waals surface area (Å²) in [7, 11) is 0. The van der Waals surface area contributed by atoms with Crippen molar-refractivity contribution in [2.45, 2.75) is 26.3 Å². The first-order valence-corrected chi connectivity index (χ1v) is 9.52. The molecule has 28 heavy (non-hydrogen) atoms. The largest absolute Gasteiger partial charge is 0.454 e. The van der Waals surface area contributed by atoms with Crippen LogP contribution < -0.4 is 20.1 Å². The van der Waals surface area contributed by atoms with Crippen LogP contribution in [0.4, 0.5) is 11.8 Å². The van der Waals surface area contributed by atoms with E-state index in [1.165, 1.54) is 5.56 Å². The fourth-order valence-electron chi connectivity index (χ4n) is 3.12. The zero-order chi connectivity index (χ0) is 19.2. The molecule has 1 aromatic heterocycles. The van der Waals surface area contributed by atoms with Crippen molar-refractivity contribution in [1.29, 1.82) is 0 Å². The van der Waals surface area contributed by atoms with Crippen LogP contribution in [0.5, 0.6) is 11.5 Å². The number of aryl methyl sites for hydroxylation is 2. The van der Waals surface area contributed by atoms with E-state index in [-0.39, 0.29) is 6.79 Å². The number of anilines is 2. The Morgan fingerprint density at radius 3 is 2.64 bits per heavy atom. The highest BCUT2D eigenvalue weighted by molar-refractivity contribution is 5.46. The van der Waals surface area contributed by atoms with Gasteiger partial charge in [0, 0.05) is 24.8 Å². The number of hydrogen-bond donors (Lipinski definition) is 2. The van der Waals surface area contributed by atoms with Crippen LogP contribution in [0.3, 0.4) is 0 Å². The first kappa shape index (κ1) is 18.1. The molecule has 1 aliphatic rings. The van der Waals surface area contributed by atoms with Gasteiger partial charge in [-0.25, -0.2) is 4.98 Å². The fraction of sp³-hybridized carbons (Fsp3) is 0.273. The molecule has 0 amide bonds. The van der Waals surface area contributed by atoms with E-state index >= 15 is 0 Å². The smallest absolute Gasteiger partial charge is 0.231 e. The standard InChI is InChI=1S/C22H24N4O2/c1-16-12-21(23-11-5-8-17-6-3-2-4-7-17)26-22(25-16)24-14-18-9-10-19-20(13-18)28-15-27-19/h2-4,6-7,9-10,12-13H,5,8,11,14-15H2,1H3,(H2,23,24,25,26). The molecule has 0 saturated heterocycles. The van der Waals surface area contributed by atoms with Crippen LogP contribution in [0.15, 0.2) is 54.6 Å². The van der Waals surface area contributed by atoms with Crippen LogP contribution >= 0.6 is 0 Å². The van der Waals surface area contributed by atoms with Crippen molar-refractivity contribution in [3.05, 3.63) is 71.4 Å². The summed E-state index contributed by atoms with van der Waals surface area (Å²) in [5.74, 6) is 3.03. The van der Waals surface area contributed by atoms with Crippen molar-refractivity contribution in [3.63, 3.8) is 0 Å². The third kappa shape index (κ3) is 4.71. The normalized spacial score (nSPS) is 12.0. The SMILES string of the molecule is Cc1cc(NCCCc2ccccc2)nc(NCc2ccc3c(c2)OCO3)n1. The summed E-state index contributed by atoms with van der Waals surface area (Å²) in [5.41, 5.74) is 3.37. The first-order valence-electron chi connectivity index (χ1n) is 9.52. The van der Waals surface area contributed by atoms with E-state index < -0.39 is 0 Å². The Balaban J connectivity index is 1.30. The lowest BCUT2D eigenvalue weighted by molar-refractivity contribution is 0.174. The van der Waals surface area contributed by atoms with Gasteiger partial charge in [0.25, 0.3) is 0 Å². The highest BCUT2D eigenvalue weighted by Crippen LogP contribution is 2.32. The van der Waals surface area contributed by atoms with Gasteiger partial charge in [-0.1, -0.05) is 36.4 Å². The third-order valence-corrected chi connectivity index (χ3v) is 4.53. The Labute approximate surface area is 164 Å². The van der Waals surface area contributed by atoms with Gasteiger partial charge in [0.1, 0.15) is 5.82 Å². The van der Waals surface area contributed by atoms with Crippen LogP contribution in [0, 0.1) is 6.92 Å². The maximum Gasteiger partial charge on any atom is 0.231 e. The van der Waals surface area contributed by atoms with Gasteiger partial charge in [-0.15, -0.1) is 0 Å². The van der Waals surface area contributed by atoms with Gasteiger partial charge < -0.3 is 20.1 Å². The van der Waals surface area contributed by atoms with Crippen molar-refractivity contribution in [1.82, 2.24) is 9.97 Å². The number of rotatable bonds is 8. The summed E-state index contributed by atoms with van der Waals surface area (Å²) in [6.07, 6.45) is 2.10. The molecule has 0 unspecified atom stereocenters. The highest BCUT2D eigenvalue weighted by Gasteiger charge is 2.13. The van der Waals surface area contributed by atoms with Crippen molar-refractivity contribution >= 4 is 11.8 Å². The number of benzene rings is 2. The van der Waals surface area contributed by atoms with E-state index in [0.717, 1.165) is 48.0 Å². The van der Waals surface area contributed by atoms with Gasteiger partial charge >= 0.3 is 0 Å². The molecule has 2 heterocycles. The zero-order valence-electron chi connectivity index (χ0n) is 15.9. The Kier molecular flexibility index (Phi) is 5.56. The van der Waals surface area contributed by atoms with Crippen LogP contribution in [-0.2, 0) is 13.0 Å². The molecule has 0 radical (unpaired) electrons. The van der Waals surface area contributed by atoms with Gasteiger partial charge in [-0.05, 0) is 43.0 Å². The Hall–Kier alpha value is -3.28. The number of nitrogens with zero attached hydrogens (tertiary/aromatic N) is 2. The quantitative estimate of drug-likeness (QED) is 0.575. The van der Waals surface area contributed by atoms with Gasteiger partial charge in [-0.3, -0.25) is 0 Å². The fourth-order valence-corrected chi connectivity index (χ4v) is 3.12. The molecule has 0 fully saturated rings. The molecule has 0 saturated carbocycles. The van der Waals surface area contributed by atoms with Gasteiger partial charge in [0.2, 0.25) is 12.7 Å². The molecule has 144 valence electrons. The number of aromatic nitrogens is 2. The van der Waals surface area contributed by atoms with E-state index in [1.54, 1.807) is 0 Å². The van der Waals surface area contributed by atoms with Crippen molar-refractivity contribution in [2.75, 3.05) is 24.0 Å². The number of fused-ring (bicyclic) bond motifs is 1. The van der Waals surface area contributed by atoms with Gasteiger partial charge in [0.05, 0.1) is 0 Å². The topological polar surface area (TPSA) is 68.3 Å². The minimum Gasteiger partial charge on any atom is -0.454 e. The number of hydrogen-bond acceptors (Lipinski definition) is 6. The molecule has 6 nitrogen and oxygen atoms in total. The molecule has 6 heteroatoms. The van der Waals surface area contributed by atoms with E-state index in [1.807, 2.05) is 37.3 Å². The van der Waals surface area contributed by atoms with Gasteiger partial charge in [0.15, 0.2) is 11.5 Å². The summed E-state index contributed by atoms with van der Waals surface area (Å²) in [6, 6.07) is 18.4. The predicted octanol–water partition coefficient (Wildman–Crippen LogP) is 4.17. The minimum absolute atomic E-state index is 0.284. The summed E-state index contributed by atoms with van der Waals surface area (Å²) in [5, 5.41) is 6.69. The molecule has 1 aliphatic heterocycles. The third-order valence-electron chi connectivity index (χ3n) is 4.53. The second kappa shape index (κ2) is 8.61. The number of ether oxygens (including phenoxy) is 2. The lowest BCUT2D eigenvalue weighted by Crippen LogP contribution is -2.09. The van der Waals surface area contributed by atoms with Crippen molar-refractivity contribution in [2.24, 2.45) is 0 Å². The van der Waals surface area contributed by atoms with Crippen molar-refractivity contribution < 1.29 is 9.47 Å². The molecule has 2 N–H and O–H groups in total. The number of nitrogens with one attached hydrogen (secondary N) is 2.